The quantitative estimate of drug-likeness (QED) is 0.323. The third-order valence-corrected chi connectivity index (χ3v) is 8.25. The Bertz CT molecular complexity index is 1320. The number of nitrogens with zero attached hydrogens (tertiary/aromatic N) is 2. The summed E-state index contributed by atoms with van der Waals surface area (Å²) in [5, 5.41) is 5.03. The van der Waals surface area contributed by atoms with Gasteiger partial charge in [0, 0.05) is 42.1 Å². The monoisotopic (exact) mass is 540 g/mol. The molecule has 6 rings (SSSR count). The molecular weight excluding hydrogens is 515 g/mol. The molecule has 3 aliphatic rings. The van der Waals surface area contributed by atoms with Gasteiger partial charge in [0.25, 0.3) is 0 Å². The molecule has 3 heterocycles. The highest BCUT2D eigenvalue weighted by Gasteiger charge is 2.43. The molecule has 192 valence electrons. The molecule has 7 nitrogen and oxygen atoms in total. The van der Waals surface area contributed by atoms with Crippen LogP contribution >= 0.6 is 23.2 Å². The predicted molar refractivity (Wildman–Crippen MR) is 139 cm³/mol. The van der Waals surface area contributed by atoms with Gasteiger partial charge in [-0.3, -0.25) is 0 Å². The normalized spacial score (nSPS) is 22.7. The molecular formula is C28H26Cl2N2O5. The van der Waals surface area contributed by atoms with Crippen molar-refractivity contribution in [1.82, 2.24) is 5.16 Å². The Hall–Kier alpha value is -3.03. The lowest BCUT2D eigenvalue weighted by atomic mass is 9.98. The molecule has 3 aromatic rings. The highest BCUT2D eigenvalue weighted by molar-refractivity contribution is 6.39. The summed E-state index contributed by atoms with van der Waals surface area (Å²) in [5.41, 5.74) is 2.76. The van der Waals surface area contributed by atoms with Crippen LogP contribution in [-0.2, 0) is 9.47 Å². The average molecular weight is 541 g/mol. The lowest BCUT2D eigenvalue weighted by molar-refractivity contribution is 0.0202. The lowest BCUT2D eigenvalue weighted by Gasteiger charge is -2.40. The number of methoxy groups -OCH3 is 1. The summed E-state index contributed by atoms with van der Waals surface area (Å²) in [6.07, 6.45) is 5.19. The number of ether oxygens (including phenoxy) is 2. The minimum Gasteiger partial charge on any atom is -0.465 e. The lowest BCUT2D eigenvalue weighted by Crippen LogP contribution is -2.46. The van der Waals surface area contributed by atoms with Crippen molar-refractivity contribution in [3.8, 4) is 11.3 Å². The molecule has 1 aromatic heterocycles. The van der Waals surface area contributed by atoms with Crippen molar-refractivity contribution in [2.45, 2.75) is 62.6 Å². The first kappa shape index (κ1) is 24.3. The molecule has 2 aliphatic heterocycles. The summed E-state index contributed by atoms with van der Waals surface area (Å²) in [7, 11) is 1.38. The van der Waals surface area contributed by atoms with Gasteiger partial charge >= 0.3 is 11.9 Å². The highest BCUT2D eigenvalue weighted by Crippen LogP contribution is 2.47. The molecule has 3 fully saturated rings. The number of benzene rings is 2. The van der Waals surface area contributed by atoms with Gasteiger partial charge in [0.2, 0.25) is 0 Å². The summed E-state index contributed by atoms with van der Waals surface area (Å²) in [6.45, 7) is 0. The van der Waals surface area contributed by atoms with E-state index in [1.54, 1.807) is 30.3 Å². The minimum absolute atomic E-state index is 0.163. The zero-order chi connectivity index (χ0) is 25.7. The molecule has 9 heteroatoms. The summed E-state index contributed by atoms with van der Waals surface area (Å²) in [5.74, 6) is -0.0653. The van der Waals surface area contributed by atoms with E-state index in [-0.39, 0.29) is 30.1 Å². The number of hydrogen-bond acceptors (Lipinski definition) is 7. The van der Waals surface area contributed by atoms with Crippen LogP contribution in [0, 0.1) is 0 Å². The first-order chi connectivity index (χ1) is 17.9. The molecule has 2 saturated heterocycles. The SMILES string of the molecule is COC(=O)c1ccc(N2[C@@H]3CC[C@H]2CC(OC(=O)c2c(-c4c(Cl)cccc4Cl)noc2C2CC2)C3)cc1. The Labute approximate surface area is 224 Å². The van der Waals surface area contributed by atoms with E-state index in [2.05, 4.69) is 10.1 Å². The number of hydrogen-bond donors (Lipinski definition) is 0. The van der Waals surface area contributed by atoms with E-state index in [4.69, 9.17) is 37.2 Å². The Morgan fingerprint density at radius 2 is 1.59 bits per heavy atom. The van der Waals surface area contributed by atoms with Gasteiger partial charge in [-0.1, -0.05) is 34.4 Å². The van der Waals surface area contributed by atoms with Gasteiger partial charge in [-0.15, -0.1) is 0 Å². The van der Waals surface area contributed by atoms with E-state index < -0.39 is 5.97 Å². The van der Waals surface area contributed by atoms with Gasteiger partial charge in [0.1, 0.15) is 17.4 Å². The Morgan fingerprint density at radius 3 is 2.19 bits per heavy atom. The van der Waals surface area contributed by atoms with Crippen LogP contribution in [-0.4, -0.2) is 42.4 Å². The van der Waals surface area contributed by atoms with Crippen LogP contribution in [0.3, 0.4) is 0 Å². The number of rotatable bonds is 6. The zero-order valence-electron chi connectivity index (χ0n) is 20.3. The van der Waals surface area contributed by atoms with Crippen LogP contribution in [0.4, 0.5) is 5.69 Å². The van der Waals surface area contributed by atoms with E-state index in [0.29, 0.717) is 38.2 Å². The third kappa shape index (κ3) is 4.48. The van der Waals surface area contributed by atoms with Gasteiger partial charge in [-0.25, -0.2) is 9.59 Å². The van der Waals surface area contributed by atoms with Crippen LogP contribution in [0.25, 0.3) is 11.3 Å². The summed E-state index contributed by atoms with van der Waals surface area (Å²) in [6, 6.07) is 13.2. The van der Waals surface area contributed by atoms with Crippen molar-refractivity contribution >= 4 is 40.8 Å². The molecule has 0 N–H and O–H groups in total. The first-order valence-corrected chi connectivity index (χ1v) is 13.3. The third-order valence-electron chi connectivity index (χ3n) is 7.62. The number of esters is 2. The molecule has 1 unspecified atom stereocenters. The van der Waals surface area contributed by atoms with Crippen LogP contribution < -0.4 is 4.90 Å². The van der Waals surface area contributed by atoms with E-state index in [0.717, 1.165) is 44.2 Å². The number of anilines is 1. The topological polar surface area (TPSA) is 81.9 Å². The average Bonchev–Trinajstić information content (AvgIpc) is 3.59. The predicted octanol–water partition coefficient (Wildman–Crippen LogP) is 6.67. The van der Waals surface area contributed by atoms with Crippen LogP contribution in [0.2, 0.25) is 10.0 Å². The van der Waals surface area contributed by atoms with Gasteiger partial charge < -0.3 is 18.9 Å². The molecule has 2 aromatic carbocycles. The zero-order valence-corrected chi connectivity index (χ0v) is 21.8. The molecule has 37 heavy (non-hydrogen) atoms. The van der Waals surface area contributed by atoms with Crippen molar-refractivity contribution in [1.29, 1.82) is 0 Å². The maximum Gasteiger partial charge on any atom is 0.344 e. The van der Waals surface area contributed by atoms with E-state index in [9.17, 15) is 9.59 Å². The van der Waals surface area contributed by atoms with Crippen LogP contribution in [0.15, 0.2) is 47.0 Å². The van der Waals surface area contributed by atoms with Crippen molar-refractivity contribution in [2.24, 2.45) is 0 Å². The first-order valence-electron chi connectivity index (χ1n) is 12.6. The Kier molecular flexibility index (Phi) is 6.37. The number of piperidine rings is 1. The smallest absolute Gasteiger partial charge is 0.344 e. The van der Waals surface area contributed by atoms with Crippen molar-refractivity contribution < 1.29 is 23.6 Å². The number of halogens is 2. The molecule has 3 atom stereocenters. The Balaban J connectivity index is 1.22. The van der Waals surface area contributed by atoms with Crippen molar-refractivity contribution in [3.05, 3.63) is 69.4 Å². The van der Waals surface area contributed by atoms with Crippen molar-refractivity contribution in [2.75, 3.05) is 12.0 Å². The molecule has 1 saturated carbocycles. The van der Waals surface area contributed by atoms with Gasteiger partial charge in [-0.05, 0) is 62.1 Å². The second-order valence-electron chi connectivity index (χ2n) is 9.97. The number of carbonyl (C=O) groups is 2. The highest BCUT2D eigenvalue weighted by atomic mass is 35.5. The second kappa shape index (κ2) is 9.69. The summed E-state index contributed by atoms with van der Waals surface area (Å²) in [4.78, 5) is 27.8. The Morgan fingerprint density at radius 1 is 0.946 bits per heavy atom. The maximum absolute atomic E-state index is 13.6. The molecule has 0 spiro atoms. The van der Waals surface area contributed by atoms with E-state index >= 15 is 0 Å². The number of carbonyl (C=O) groups excluding carboxylic acids is 2. The molecule has 0 amide bonds. The fourth-order valence-corrected chi connectivity index (χ4v) is 6.34. The minimum atomic E-state index is -0.436. The standard InChI is InChI=1S/C28H26Cl2N2O5/c1-35-27(33)16-7-9-17(10-8-16)32-18-11-12-19(32)14-20(13-18)36-28(34)24-25(31-37-26(24)15-5-6-15)23-21(29)3-2-4-22(23)30/h2-4,7-10,15,18-20H,5-6,11-14H2,1H3/t18-,19+,20?. The van der Waals surface area contributed by atoms with Gasteiger partial charge in [0.15, 0.2) is 5.76 Å². The largest absolute Gasteiger partial charge is 0.465 e. The van der Waals surface area contributed by atoms with Gasteiger partial charge in [-0.2, -0.15) is 0 Å². The number of fused-ring (bicyclic) bond motifs is 2. The van der Waals surface area contributed by atoms with E-state index in [1.807, 2.05) is 12.1 Å². The summed E-state index contributed by atoms with van der Waals surface area (Å²) >= 11 is 12.9. The fourth-order valence-electron chi connectivity index (χ4n) is 5.76. The van der Waals surface area contributed by atoms with E-state index in [1.165, 1.54) is 7.11 Å². The van der Waals surface area contributed by atoms with Gasteiger partial charge in [0.05, 0.1) is 22.7 Å². The summed E-state index contributed by atoms with van der Waals surface area (Å²) < 4.78 is 16.6. The second-order valence-corrected chi connectivity index (χ2v) is 10.8. The van der Waals surface area contributed by atoms with Crippen LogP contribution in [0.1, 0.15) is 70.9 Å². The molecule has 2 bridgehead atoms. The number of aromatic nitrogens is 1. The fraction of sp³-hybridized carbons (Fsp3) is 0.393. The molecule has 0 radical (unpaired) electrons. The maximum atomic E-state index is 13.6. The van der Waals surface area contributed by atoms with Crippen molar-refractivity contribution in [3.63, 3.8) is 0 Å². The van der Waals surface area contributed by atoms with Crippen LogP contribution in [0.5, 0.6) is 0 Å². The molecule has 1 aliphatic carbocycles.